The zero-order chi connectivity index (χ0) is 2.00. The van der Waals surface area contributed by atoms with E-state index in [-0.39, 0.29) is 77.6 Å². The maximum atomic E-state index is 2.25. The van der Waals surface area contributed by atoms with Crippen molar-refractivity contribution in [3.8, 4) is 0 Å². The molecule has 0 bridgehead atoms. The predicted molar refractivity (Wildman–Crippen MR) is 32.2 cm³/mol. The van der Waals surface area contributed by atoms with Crippen LogP contribution in [0.1, 0.15) is 2.85 Å². The molecule has 0 saturated carbocycles. The third-order valence-corrected chi connectivity index (χ3v) is 0. The van der Waals surface area contributed by atoms with Gasteiger partial charge in [-0.15, -0.1) is 0 Å². The van der Waals surface area contributed by atoms with Gasteiger partial charge in [0.1, 0.15) is 0 Å². The molecule has 0 spiro atoms. The minimum absolute atomic E-state index is 0. The second kappa shape index (κ2) is 16.1. The van der Waals surface area contributed by atoms with Gasteiger partial charge >= 0.3 is 103 Å². The van der Waals surface area contributed by atoms with Crippen molar-refractivity contribution >= 4 is 103 Å². The van der Waals surface area contributed by atoms with Crippen molar-refractivity contribution < 1.29 is 2.85 Å². The van der Waals surface area contributed by atoms with Crippen LogP contribution in [-0.2, 0) is 0 Å². The molecule has 0 aliphatic rings. The van der Waals surface area contributed by atoms with E-state index in [0.29, 0.717) is 0 Å². The number of hydrogen-bond acceptors (Lipinski definition) is 0. The number of hydrogen-bond donors (Lipinski definition) is 0. The molecular weight excluding hydrogens is 410 g/mol. The van der Waals surface area contributed by atoms with Gasteiger partial charge in [0.15, 0.2) is 0 Å². The first-order chi connectivity index (χ1) is 1.00. The third kappa shape index (κ3) is 9.08. The molecule has 0 heterocycles. The average Bonchev–Trinajstić information content (AvgIpc) is 1.00. The Hall–Kier alpha value is 3.48. The second-order valence-corrected chi connectivity index (χ2v) is 0. The van der Waals surface area contributed by atoms with Gasteiger partial charge in [-0.2, -0.15) is 0 Å². The van der Waals surface area contributed by atoms with Gasteiger partial charge in [-0.25, -0.2) is 0 Å². The summed E-state index contributed by atoms with van der Waals surface area (Å²) in [4.78, 5) is 0. The Morgan fingerprint density at radius 1 is 1.25 bits per heavy atom. The van der Waals surface area contributed by atoms with Crippen molar-refractivity contribution in [2.24, 2.45) is 0 Å². The Morgan fingerprint density at radius 3 is 1.25 bits per heavy atom. The fraction of sp³-hybridized carbons (Fsp3) is 0. The summed E-state index contributed by atoms with van der Waals surface area (Å²) < 4.78 is 0. The van der Waals surface area contributed by atoms with Crippen LogP contribution in [0, 0.1) is 0 Å². The van der Waals surface area contributed by atoms with Crippen LogP contribution in [0.2, 0.25) is 0 Å². The molecule has 0 saturated heterocycles. The quantitative estimate of drug-likeness (QED) is 0.379. The van der Waals surface area contributed by atoms with Gasteiger partial charge < -0.3 is 2.85 Å². The van der Waals surface area contributed by atoms with Crippen LogP contribution in [0.5, 0.6) is 0 Å². The first-order valence-electron chi connectivity index (χ1n) is 0.200. The van der Waals surface area contributed by atoms with Gasteiger partial charge in [-0.05, 0) is 0 Å². The minimum atomic E-state index is 0. The molecule has 0 aliphatic carbocycles. The average molecular weight is 417 g/mol. The second-order valence-electron chi connectivity index (χ2n) is 0. The molecular formula is H7BaInSe2. The van der Waals surface area contributed by atoms with Crippen molar-refractivity contribution in [1.29, 1.82) is 0 Å². The third-order valence-electron chi connectivity index (χ3n) is 0. The molecule has 0 rings (SSSR count). The molecule has 4 heteroatoms. The summed E-state index contributed by atoms with van der Waals surface area (Å²) in [6.45, 7) is 0. The standard InChI is InChI=1S/Ba.In.H2Se2.5H/c;;1-2;;;;;/h;;1-2H;;;;;/q+2;;;;;;2*-1. The Labute approximate surface area is 103 Å². The van der Waals surface area contributed by atoms with Crippen molar-refractivity contribution in [2.75, 3.05) is 0 Å². The molecule has 0 aromatic heterocycles. The van der Waals surface area contributed by atoms with Crippen LogP contribution in [0.4, 0.5) is 0 Å². The Kier molecular flexibility index (Phi) is 62.9. The monoisotopic (exact) mass is 420 g/mol. The van der Waals surface area contributed by atoms with Gasteiger partial charge in [0, 0.05) is 0 Å². The van der Waals surface area contributed by atoms with E-state index in [2.05, 4.69) is 28.4 Å². The molecule has 0 aromatic carbocycles. The van der Waals surface area contributed by atoms with E-state index in [1.54, 1.807) is 0 Å². The van der Waals surface area contributed by atoms with Crippen LogP contribution in [0.25, 0.3) is 0 Å². The van der Waals surface area contributed by atoms with E-state index in [0.717, 1.165) is 0 Å². The fourth-order valence-corrected chi connectivity index (χ4v) is 0. The zero-order valence-corrected chi connectivity index (χ0v) is 9.80. The fourth-order valence-electron chi connectivity index (χ4n) is 0. The predicted octanol–water partition coefficient (Wildman–Crippen LogP) is -2.64. The molecule has 0 aromatic rings. The van der Waals surface area contributed by atoms with E-state index in [1.165, 1.54) is 0 Å². The summed E-state index contributed by atoms with van der Waals surface area (Å²) >= 11 is 4.50. The van der Waals surface area contributed by atoms with E-state index in [1.807, 2.05) is 0 Å². The summed E-state index contributed by atoms with van der Waals surface area (Å²) in [5.41, 5.74) is 0. The first kappa shape index (κ1) is 15.6. The van der Waals surface area contributed by atoms with E-state index in [9.17, 15) is 0 Å². The maximum absolute atomic E-state index is 2.25. The summed E-state index contributed by atoms with van der Waals surface area (Å²) in [7, 11) is 0. The van der Waals surface area contributed by atoms with Crippen LogP contribution in [0.15, 0.2) is 0 Å². The molecule has 0 aliphatic heterocycles. The SMILES string of the molecule is [Ba+2].[H-].[H-].[InH3].[SeH][SeH]. The van der Waals surface area contributed by atoms with Crippen molar-refractivity contribution in [2.45, 2.75) is 0 Å². The molecule has 0 atom stereocenters. The molecule has 0 unspecified atom stereocenters. The Balaban J connectivity index is -0.000000000833. The summed E-state index contributed by atoms with van der Waals surface area (Å²) in [6.07, 6.45) is 0. The van der Waals surface area contributed by atoms with Crippen molar-refractivity contribution in [3.05, 3.63) is 0 Å². The van der Waals surface area contributed by atoms with Crippen LogP contribution in [-0.4, -0.2) is 103 Å². The molecule has 24 valence electrons. The van der Waals surface area contributed by atoms with Crippen molar-refractivity contribution in [1.82, 2.24) is 0 Å². The normalized spacial score (nSPS) is 1.50. The van der Waals surface area contributed by atoms with Gasteiger partial charge in [0.25, 0.3) is 0 Å². The summed E-state index contributed by atoms with van der Waals surface area (Å²) in [5, 5.41) is 0. The molecule has 0 nitrogen and oxygen atoms in total. The summed E-state index contributed by atoms with van der Waals surface area (Å²) in [5.74, 6) is 0. The molecule has 4 heavy (non-hydrogen) atoms. The number of rotatable bonds is 0. The summed E-state index contributed by atoms with van der Waals surface area (Å²) in [6, 6.07) is 0. The van der Waals surface area contributed by atoms with Crippen molar-refractivity contribution in [3.63, 3.8) is 0 Å². The Morgan fingerprint density at radius 2 is 1.25 bits per heavy atom. The molecule has 0 N–H and O–H groups in total. The van der Waals surface area contributed by atoms with E-state index < -0.39 is 0 Å². The van der Waals surface area contributed by atoms with Gasteiger partial charge in [-0.1, -0.05) is 0 Å². The molecule has 0 amide bonds. The zero-order valence-electron chi connectivity index (χ0n) is 3.60. The van der Waals surface area contributed by atoms with Crippen LogP contribution < -0.4 is 0 Å². The van der Waals surface area contributed by atoms with E-state index >= 15 is 0 Å². The molecule has 0 radical (unpaired) electrons. The molecule has 0 fully saturated rings. The van der Waals surface area contributed by atoms with E-state index in [4.69, 9.17) is 0 Å². The van der Waals surface area contributed by atoms with Gasteiger partial charge in [0.05, 0.1) is 0 Å². The topological polar surface area (TPSA) is 0 Å². The Bertz CT molecular complexity index is 11.5. The van der Waals surface area contributed by atoms with Gasteiger partial charge in [-0.3, -0.25) is 0 Å². The van der Waals surface area contributed by atoms with Crippen LogP contribution in [0.3, 0.4) is 0 Å². The first-order valence-corrected chi connectivity index (χ1v) is 5.40. The van der Waals surface area contributed by atoms with Gasteiger partial charge in [0.2, 0.25) is 0 Å². The van der Waals surface area contributed by atoms with Crippen LogP contribution >= 0.6 is 0 Å².